The lowest BCUT2D eigenvalue weighted by molar-refractivity contribution is -0.0457. The van der Waals surface area contributed by atoms with Gasteiger partial charge in [-0.15, -0.1) is 0 Å². The topological polar surface area (TPSA) is 60.5 Å². The first-order valence-electron chi connectivity index (χ1n) is 8.62. The maximum Gasteiger partial charge on any atom is 0.252 e. The molecule has 2 atom stereocenters. The number of nitrogens with one attached hydrogen (secondary N) is 1. The highest BCUT2D eigenvalue weighted by atomic mass is 16.5. The molecule has 1 aliphatic heterocycles. The fraction of sp³-hybridized carbons (Fsp3) is 0.400. The van der Waals surface area contributed by atoms with E-state index in [1.807, 2.05) is 44.2 Å². The molecule has 1 aromatic heterocycles. The number of carbonyl (C=O) groups is 1. The maximum atomic E-state index is 12.8. The number of nitrogens with zero attached hydrogens (tertiary/aromatic N) is 1. The van der Waals surface area contributed by atoms with Crippen molar-refractivity contribution in [1.82, 2.24) is 10.3 Å². The Bertz CT molecular complexity index is 763. The van der Waals surface area contributed by atoms with Crippen LogP contribution in [0.5, 0.6) is 0 Å². The smallest absolute Gasteiger partial charge is 0.252 e. The molecule has 5 heteroatoms. The standard InChI is InChI=1S/C20H24N2O3/c1-14(2)8-12-25-19-9-11-24-13-18(19)22-20(23)16-7-10-21-17-6-4-3-5-15(16)17/h3-8,10,18-19H,9,11-13H2,1-2H3,(H,22,23)/t18-,19+/m0/s1. The van der Waals surface area contributed by atoms with Crippen LogP contribution in [0.25, 0.3) is 10.9 Å². The fourth-order valence-corrected chi connectivity index (χ4v) is 2.93. The summed E-state index contributed by atoms with van der Waals surface area (Å²) in [7, 11) is 0. The Labute approximate surface area is 148 Å². The van der Waals surface area contributed by atoms with Gasteiger partial charge in [0.1, 0.15) is 0 Å². The minimum absolute atomic E-state index is 0.0404. The van der Waals surface area contributed by atoms with E-state index in [-0.39, 0.29) is 18.1 Å². The first-order chi connectivity index (χ1) is 12.1. The molecular formula is C20H24N2O3. The van der Waals surface area contributed by atoms with Crippen molar-refractivity contribution in [2.24, 2.45) is 0 Å². The van der Waals surface area contributed by atoms with E-state index in [2.05, 4.69) is 10.3 Å². The molecule has 5 nitrogen and oxygen atoms in total. The van der Waals surface area contributed by atoms with Crippen molar-refractivity contribution >= 4 is 16.8 Å². The number of ether oxygens (including phenoxy) is 2. The van der Waals surface area contributed by atoms with Gasteiger partial charge < -0.3 is 14.8 Å². The minimum atomic E-state index is -0.154. The molecule has 1 saturated heterocycles. The maximum absolute atomic E-state index is 12.8. The molecule has 0 bridgehead atoms. The summed E-state index contributed by atoms with van der Waals surface area (Å²) in [5.41, 5.74) is 2.65. The lowest BCUT2D eigenvalue weighted by Gasteiger charge is -2.32. The van der Waals surface area contributed by atoms with Gasteiger partial charge in [-0.3, -0.25) is 9.78 Å². The molecule has 25 heavy (non-hydrogen) atoms. The van der Waals surface area contributed by atoms with Crippen LogP contribution in [-0.2, 0) is 9.47 Å². The van der Waals surface area contributed by atoms with Gasteiger partial charge in [0.2, 0.25) is 0 Å². The quantitative estimate of drug-likeness (QED) is 0.850. The van der Waals surface area contributed by atoms with Crippen molar-refractivity contribution in [2.75, 3.05) is 19.8 Å². The molecule has 1 fully saturated rings. The molecule has 1 aliphatic rings. The van der Waals surface area contributed by atoms with Gasteiger partial charge >= 0.3 is 0 Å². The number of rotatable bonds is 5. The fourth-order valence-electron chi connectivity index (χ4n) is 2.93. The van der Waals surface area contributed by atoms with Crippen molar-refractivity contribution in [1.29, 1.82) is 0 Å². The molecule has 1 amide bonds. The number of hydrogen-bond donors (Lipinski definition) is 1. The van der Waals surface area contributed by atoms with E-state index in [0.717, 1.165) is 17.3 Å². The van der Waals surface area contributed by atoms with Gasteiger partial charge in [0.15, 0.2) is 0 Å². The van der Waals surface area contributed by atoms with Crippen LogP contribution < -0.4 is 5.32 Å². The third-order valence-corrected chi connectivity index (χ3v) is 4.30. The van der Waals surface area contributed by atoms with Crippen LogP contribution in [0.15, 0.2) is 48.2 Å². The third kappa shape index (κ3) is 4.44. The predicted octanol–water partition coefficient (Wildman–Crippen LogP) is 3.10. The van der Waals surface area contributed by atoms with Crippen molar-refractivity contribution in [2.45, 2.75) is 32.4 Å². The average Bonchev–Trinajstić information content (AvgIpc) is 2.62. The SMILES string of the molecule is CC(C)=CCO[C@@H]1CCOC[C@@H]1NC(=O)c1ccnc2ccccc12. The molecule has 1 N–H and O–H groups in total. The molecule has 2 aromatic rings. The second-order valence-corrected chi connectivity index (χ2v) is 6.47. The highest BCUT2D eigenvalue weighted by Crippen LogP contribution is 2.18. The Balaban J connectivity index is 1.72. The Morgan fingerprint density at radius 1 is 1.36 bits per heavy atom. The summed E-state index contributed by atoms with van der Waals surface area (Å²) in [6.07, 6.45) is 4.45. The molecule has 0 aliphatic carbocycles. The Hall–Kier alpha value is -2.24. The van der Waals surface area contributed by atoms with Gasteiger partial charge in [-0.2, -0.15) is 0 Å². The highest BCUT2D eigenvalue weighted by molar-refractivity contribution is 6.06. The number of benzene rings is 1. The van der Waals surface area contributed by atoms with Gasteiger partial charge in [0.05, 0.1) is 36.4 Å². The summed E-state index contributed by atoms with van der Waals surface area (Å²) < 4.78 is 11.5. The zero-order chi connectivity index (χ0) is 17.6. The molecule has 0 radical (unpaired) electrons. The second kappa shape index (κ2) is 8.23. The number of para-hydroxylation sites is 1. The summed E-state index contributed by atoms with van der Waals surface area (Å²) in [6, 6.07) is 9.24. The van der Waals surface area contributed by atoms with E-state index in [4.69, 9.17) is 9.47 Å². The van der Waals surface area contributed by atoms with Crippen LogP contribution in [0.2, 0.25) is 0 Å². The van der Waals surface area contributed by atoms with E-state index in [0.29, 0.717) is 25.4 Å². The first-order valence-corrected chi connectivity index (χ1v) is 8.62. The van der Waals surface area contributed by atoms with Gasteiger partial charge in [-0.25, -0.2) is 0 Å². The summed E-state index contributed by atoms with van der Waals surface area (Å²) >= 11 is 0. The molecule has 3 rings (SSSR count). The third-order valence-electron chi connectivity index (χ3n) is 4.30. The van der Waals surface area contributed by atoms with Crippen molar-refractivity contribution in [3.8, 4) is 0 Å². The molecule has 0 saturated carbocycles. The number of allylic oxidation sites excluding steroid dienone is 1. The number of amides is 1. The summed E-state index contributed by atoms with van der Waals surface area (Å²) in [6.45, 7) is 5.76. The van der Waals surface area contributed by atoms with Crippen LogP contribution in [0, 0.1) is 0 Å². The lowest BCUT2D eigenvalue weighted by atomic mass is 10.0. The molecule has 2 heterocycles. The number of fused-ring (bicyclic) bond motifs is 1. The van der Waals surface area contributed by atoms with E-state index < -0.39 is 0 Å². The summed E-state index contributed by atoms with van der Waals surface area (Å²) in [4.78, 5) is 17.1. The Morgan fingerprint density at radius 2 is 2.20 bits per heavy atom. The number of carbonyl (C=O) groups excluding carboxylic acids is 1. The molecule has 1 aromatic carbocycles. The van der Waals surface area contributed by atoms with Gasteiger partial charge in [0.25, 0.3) is 5.91 Å². The highest BCUT2D eigenvalue weighted by Gasteiger charge is 2.28. The Morgan fingerprint density at radius 3 is 3.04 bits per heavy atom. The van der Waals surface area contributed by atoms with E-state index >= 15 is 0 Å². The van der Waals surface area contributed by atoms with Crippen molar-refractivity contribution in [3.05, 3.63) is 53.7 Å². The van der Waals surface area contributed by atoms with Gasteiger partial charge in [0, 0.05) is 18.2 Å². The summed E-state index contributed by atoms with van der Waals surface area (Å²) in [5, 5.41) is 3.93. The van der Waals surface area contributed by atoms with E-state index in [1.165, 1.54) is 5.57 Å². The number of pyridine rings is 1. The van der Waals surface area contributed by atoms with Crippen LogP contribution >= 0.6 is 0 Å². The number of hydrogen-bond acceptors (Lipinski definition) is 4. The molecule has 0 unspecified atom stereocenters. The number of aromatic nitrogens is 1. The second-order valence-electron chi connectivity index (χ2n) is 6.47. The predicted molar refractivity (Wildman–Crippen MR) is 97.6 cm³/mol. The largest absolute Gasteiger partial charge is 0.379 e. The zero-order valence-electron chi connectivity index (χ0n) is 14.7. The van der Waals surface area contributed by atoms with Crippen LogP contribution in [0.1, 0.15) is 30.6 Å². The lowest BCUT2D eigenvalue weighted by Crippen LogP contribution is -2.50. The van der Waals surface area contributed by atoms with Gasteiger partial charge in [-0.1, -0.05) is 29.8 Å². The van der Waals surface area contributed by atoms with E-state index in [9.17, 15) is 4.79 Å². The van der Waals surface area contributed by atoms with Gasteiger partial charge in [-0.05, 0) is 32.4 Å². The summed E-state index contributed by atoms with van der Waals surface area (Å²) in [5.74, 6) is -0.120. The molecule has 0 spiro atoms. The van der Waals surface area contributed by atoms with Crippen LogP contribution in [-0.4, -0.2) is 42.9 Å². The van der Waals surface area contributed by atoms with E-state index in [1.54, 1.807) is 12.3 Å². The monoisotopic (exact) mass is 340 g/mol. The zero-order valence-corrected chi connectivity index (χ0v) is 14.7. The Kier molecular flexibility index (Phi) is 5.79. The van der Waals surface area contributed by atoms with Crippen LogP contribution in [0.4, 0.5) is 0 Å². The van der Waals surface area contributed by atoms with Crippen LogP contribution in [0.3, 0.4) is 0 Å². The van der Waals surface area contributed by atoms with Crippen molar-refractivity contribution < 1.29 is 14.3 Å². The average molecular weight is 340 g/mol. The molecular weight excluding hydrogens is 316 g/mol. The molecule has 132 valence electrons. The minimum Gasteiger partial charge on any atom is -0.379 e. The normalized spacial score (nSPS) is 20.2. The van der Waals surface area contributed by atoms with Crippen molar-refractivity contribution in [3.63, 3.8) is 0 Å². The first kappa shape index (κ1) is 17.6.